The monoisotopic (exact) mass is 376 g/mol. The summed E-state index contributed by atoms with van der Waals surface area (Å²) in [5, 5.41) is 10.5. The van der Waals surface area contributed by atoms with Crippen LogP contribution in [0, 0.1) is 0 Å². The van der Waals surface area contributed by atoms with E-state index < -0.39 is 20.5 Å². The number of hydrogen-bond donors (Lipinski definition) is 1. The predicted molar refractivity (Wildman–Crippen MR) is 99.8 cm³/mol. The molecule has 0 heterocycles. The summed E-state index contributed by atoms with van der Waals surface area (Å²) in [5.41, 5.74) is 0. The van der Waals surface area contributed by atoms with Crippen molar-refractivity contribution >= 4 is 20.3 Å². The molecule has 6 nitrogen and oxygen atoms in total. The lowest BCUT2D eigenvalue weighted by Gasteiger charge is -2.40. The summed E-state index contributed by atoms with van der Waals surface area (Å²) >= 11 is 0. The van der Waals surface area contributed by atoms with Crippen LogP contribution in [0.25, 0.3) is 0 Å². The predicted octanol–water partition coefficient (Wildman–Crippen LogP) is 3.42. The number of hydrogen-bond acceptors (Lipinski definition) is 6. The lowest BCUT2D eigenvalue weighted by molar-refractivity contribution is -0.145. The zero-order chi connectivity index (χ0) is 19.7. The molecule has 0 spiro atoms. The lowest BCUT2D eigenvalue weighted by Crippen LogP contribution is -2.47. The minimum absolute atomic E-state index is 0.0178. The van der Waals surface area contributed by atoms with Crippen LogP contribution >= 0.6 is 0 Å². The molecule has 0 aromatic rings. The molecule has 148 valence electrons. The maximum Gasteiger partial charge on any atom is 0.305 e. The lowest BCUT2D eigenvalue weighted by atomic mass is 10.0. The first-order valence-electron chi connectivity index (χ1n) is 9.11. The summed E-state index contributed by atoms with van der Waals surface area (Å²) < 4.78 is 16.2. The molecule has 0 aliphatic heterocycles. The highest BCUT2D eigenvalue weighted by Gasteiger charge is 2.40. The Balaban J connectivity index is 4.92. The average Bonchev–Trinajstić information content (AvgIpc) is 2.48. The first-order valence-corrected chi connectivity index (χ1v) is 12.0. The van der Waals surface area contributed by atoms with Gasteiger partial charge in [0, 0.05) is 12.8 Å². The van der Waals surface area contributed by atoms with E-state index in [0.717, 1.165) is 0 Å². The molecule has 0 radical (unpaired) electrons. The van der Waals surface area contributed by atoms with Crippen molar-refractivity contribution in [2.45, 2.75) is 90.6 Å². The fourth-order valence-electron chi connectivity index (χ4n) is 2.06. The number of carbonyl (C=O) groups excluding carboxylic acids is 2. The van der Waals surface area contributed by atoms with Gasteiger partial charge in [-0.05, 0) is 44.8 Å². The van der Waals surface area contributed by atoms with Crippen molar-refractivity contribution in [1.29, 1.82) is 0 Å². The molecule has 7 heteroatoms. The molecule has 0 aliphatic carbocycles. The van der Waals surface area contributed by atoms with Gasteiger partial charge in [-0.25, -0.2) is 0 Å². The molecular formula is C18H36O6Si. The first kappa shape index (κ1) is 24.1. The van der Waals surface area contributed by atoms with Gasteiger partial charge in [0.25, 0.3) is 0 Å². The summed E-state index contributed by atoms with van der Waals surface area (Å²) in [6.45, 7) is 14.7. The Bertz CT molecular complexity index is 416. The third-order valence-electron chi connectivity index (χ3n) is 4.57. The van der Waals surface area contributed by atoms with Gasteiger partial charge < -0.3 is 19.0 Å². The summed E-state index contributed by atoms with van der Waals surface area (Å²) in [4.78, 5) is 23.2. The molecule has 0 aliphatic rings. The quantitative estimate of drug-likeness (QED) is 0.439. The van der Waals surface area contributed by atoms with Crippen LogP contribution in [-0.2, 0) is 23.5 Å². The Morgan fingerprint density at radius 3 is 1.80 bits per heavy atom. The summed E-state index contributed by atoms with van der Waals surface area (Å²) in [5.74, 6) is -0.637. The maximum absolute atomic E-state index is 11.7. The molecule has 0 aromatic carbocycles. The van der Waals surface area contributed by atoms with Crippen molar-refractivity contribution in [3.05, 3.63) is 0 Å². The molecule has 0 rings (SSSR count). The van der Waals surface area contributed by atoms with Gasteiger partial charge in [-0.1, -0.05) is 20.8 Å². The van der Waals surface area contributed by atoms with Crippen molar-refractivity contribution in [3.8, 4) is 0 Å². The molecule has 0 bridgehead atoms. The number of rotatable bonds is 11. The second-order valence-electron chi connectivity index (χ2n) is 7.67. The molecule has 0 amide bonds. The maximum atomic E-state index is 11.7. The molecule has 0 saturated heterocycles. The smallest absolute Gasteiger partial charge is 0.305 e. The van der Waals surface area contributed by atoms with Crippen LogP contribution in [0.2, 0.25) is 18.1 Å². The Morgan fingerprint density at radius 2 is 1.40 bits per heavy atom. The second-order valence-corrected chi connectivity index (χ2v) is 12.4. The van der Waals surface area contributed by atoms with Crippen LogP contribution in [0.1, 0.15) is 60.3 Å². The normalized spacial score (nSPS) is 14.7. The van der Waals surface area contributed by atoms with Gasteiger partial charge in [-0.3, -0.25) is 9.59 Å². The third kappa shape index (κ3) is 9.37. The highest BCUT2D eigenvalue weighted by Crippen LogP contribution is 2.38. The standard InChI is InChI=1S/C18H36O6Si/c1-8-22-16(20)12-10-14(19)15(11-13-17(21)23-9-2)24-25(6,7)18(3,4)5/h14-15,19H,8-13H2,1-7H3/t14-,15-/m1/s1. The van der Waals surface area contributed by atoms with Crippen molar-refractivity contribution in [2.24, 2.45) is 0 Å². The molecule has 0 fully saturated rings. The van der Waals surface area contributed by atoms with Gasteiger partial charge in [-0.2, -0.15) is 0 Å². The molecule has 0 saturated carbocycles. The number of aliphatic hydroxyl groups is 1. The molecule has 0 aromatic heterocycles. The van der Waals surface area contributed by atoms with E-state index in [-0.39, 0.29) is 36.2 Å². The Labute approximate surface area is 153 Å². The first-order chi connectivity index (χ1) is 11.4. The number of carbonyl (C=O) groups is 2. The Hall–Kier alpha value is -0.923. The molecule has 1 N–H and O–H groups in total. The van der Waals surface area contributed by atoms with Gasteiger partial charge in [0.1, 0.15) is 0 Å². The third-order valence-corrected chi connectivity index (χ3v) is 9.07. The van der Waals surface area contributed by atoms with E-state index in [2.05, 4.69) is 33.9 Å². The highest BCUT2D eigenvalue weighted by atomic mass is 28.4. The minimum Gasteiger partial charge on any atom is -0.466 e. The van der Waals surface area contributed by atoms with Crippen LogP contribution in [0.4, 0.5) is 0 Å². The van der Waals surface area contributed by atoms with E-state index in [1.807, 2.05) is 0 Å². The molecular weight excluding hydrogens is 340 g/mol. The van der Waals surface area contributed by atoms with Gasteiger partial charge in [0.15, 0.2) is 8.32 Å². The van der Waals surface area contributed by atoms with Gasteiger partial charge >= 0.3 is 11.9 Å². The van der Waals surface area contributed by atoms with E-state index in [9.17, 15) is 14.7 Å². The van der Waals surface area contributed by atoms with Crippen molar-refractivity contribution in [1.82, 2.24) is 0 Å². The highest BCUT2D eigenvalue weighted by molar-refractivity contribution is 6.74. The zero-order valence-electron chi connectivity index (χ0n) is 16.9. The summed E-state index contributed by atoms with van der Waals surface area (Å²) in [6, 6.07) is 0. The zero-order valence-corrected chi connectivity index (χ0v) is 17.9. The van der Waals surface area contributed by atoms with Crippen LogP contribution in [-0.4, -0.2) is 50.8 Å². The van der Waals surface area contributed by atoms with Gasteiger partial charge in [-0.15, -0.1) is 0 Å². The minimum atomic E-state index is -2.12. The van der Waals surface area contributed by atoms with Crippen LogP contribution in [0.5, 0.6) is 0 Å². The largest absolute Gasteiger partial charge is 0.466 e. The molecule has 25 heavy (non-hydrogen) atoms. The van der Waals surface area contributed by atoms with Crippen molar-refractivity contribution < 1.29 is 28.6 Å². The van der Waals surface area contributed by atoms with E-state index >= 15 is 0 Å². The SMILES string of the molecule is CCOC(=O)CC[C@@H](O)[C@@H](CCC(=O)OCC)O[Si](C)(C)C(C)(C)C. The van der Waals surface area contributed by atoms with Gasteiger partial charge in [0.2, 0.25) is 0 Å². The average molecular weight is 377 g/mol. The van der Waals surface area contributed by atoms with Crippen LogP contribution in [0.15, 0.2) is 0 Å². The van der Waals surface area contributed by atoms with E-state index in [0.29, 0.717) is 19.6 Å². The summed E-state index contributed by atoms with van der Waals surface area (Å²) in [7, 11) is -2.12. The van der Waals surface area contributed by atoms with Gasteiger partial charge in [0.05, 0.1) is 25.4 Å². The fraction of sp³-hybridized carbons (Fsp3) is 0.889. The summed E-state index contributed by atoms with van der Waals surface area (Å²) in [6.07, 6.45) is -0.390. The number of ether oxygens (including phenoxy) is 2. The Kier molecular flexibility index (Phi) is 10.5. The van der Waals surface area contributed by atoms with E-state index in [4.69, 9.17) is 13.9 Å². The van der Waals surface area contributed by atoms with Crippen LogP contribution < -0.4 is 0 Å². The molecule has 2 atom stereocenters. The fourth-order valence-corrected chi connectivity index (χ4v) is 3.45. The van der Waals surface area contributed by atoms with Crippen molar-refractivity contribution in [2.75, 3.05) is 13.2 Å². The van der Waals surface area contributed by atoms with E-state index in [1.165, 1.54) is 0 Å². The number of aliphatic hydroxyl groups excluding tert-OH is 1. The van der Waals surface area contributed by atoms with Crippen LogP contribution in [0.3, 0.4) is 0 Å². The molecule has 0 unspecified atom stereocenters. The topological polar surface area (TPSA) is 82.1 Å². The second kappa shape index (κ2) is 10.9. The van der Waals surface area contributed by atoms with E-state index in [1.54, 1.807) is 13.8 Å². The Morgan fingerprint density at radius 1 is 0.960 bits per heavy atom. The van der Waals surface area contributed by atoms with Crippen molar-refractivity contribution in [3.63, 3.8) is 0 Å². The number of esters is 2.